The van der Waals surface area contributed by atoms with Gasteiger partial charge in [0.1, 0.15) is 5.75 Å². The fraction of sp³-hybridized carbons (Fsp3) is 0.250. The zero-order chi connectivity index (χ0) is 15.6. The van der Waals surface area contributed by atoms with E-state index in [9.17, 15) is 0 Å². The van der Waals surface area contributed by atoms with Crippen molar-refractivity contribution in [2.75, 3.05) is 12.8 Å². The number of aryl methyl sites for hydroxylation is 1. The molecule has 1 unspecified atom stereocenters. The molecule has 0 bridgehead atoms. The highest BCUT2D eigenvalue weighted by atomic mass is 35.5. The Balaban J connectivity index is 2.59. The van der Waals surface area contributed by atoms with Crippen LogP contribution in [0.1, 0.15) is 28.3 Å². The van der Waals surface area contributed by atoms with E-state index in [-0.39, 0.29) is 6.04 Å². The van der Waals surface area contributed by atoms with Crippen molar-refractivity contribution >= 4 is 17.3 Å². The molecule has 0 aliphatic rings. The first-order valence-corrected chi connectivity index (χ1v) is 7.02. The number of nitrogens with one attached hydrogen (secondary N) is 1. The van der Waals surface area contributed by atoms with E-state index >= 15 is 0 Å². The van der Waals surface area contributed by atoms with Gasteiger partial charge in [0.25, 0.3) is 0 Å². The Morgan fingerprint density at radius 3 is 2.38 bits per heavy atom. The van der Waals surface area contributed by atoms with Crippen molar-refractivity contribution in [2.24, 2.45) is 5.84 Å². The molecule has 0 saturated heterocycles. The summed E-state index contributed by atoms with van der Waals surface area (Å²) >= 11 is 5.96. The zero-order valence-electron chi connectivity index (χ0n) is 12.4. The lowest BCUT2D eigenvalue weighted by Crippen LogP contribution is -2.30. The maximum absolute atomic E-state index is 6.07. The summed E-state index contributed by atoms with van der Waals surface area (Å²) in [5.41, 5.74) is 13.5. The third-order valence-electron chi connectivity index (χ3n) is 3.75. The van der Waals surface area contributed by atoms with Crippen molar-refractivity contribution in [3.63, 3.8) is 0 Å². The molecule has 0 aliphatic carbocycles. The predicted molar refractivity (Wildman–Crippen MR) is 87.5 cm³/mol. The molecular formula is C16H20ClN3O. The number of hydrogen-bond acceptors (Lipinski definition) is 4. The normalized spacial score (nSPS) is 12.2. The molecule has 0 spiro atoms. The third kappa shape index (κ3) is 2.97. The SMILES string of the molecule is COc1c(C(NN)c2ccc(Cl)cc2N)ccc(C)c1C. The van der Waals surface area contributed by atoms with Crippen LogP contribution < -0.4 is 21.7 Å². The molecule has 4 nitrogen and oxygen atoms in total. The molecule has 112 valence electrons. The van der Waals surface area contributed by atoms with Crippen LogP contribution in [0.25, 0.3) is 0 Å². The molecule has 5 N–H and O–H groups in total. The van der Waals surface area contributed by atoms with E-state index in [1.54, 1.807) is 19.2 Å². The minimum atomic E-state index is -0.267. The molecule has 5 heteroatoms. The van der Waals surface area contributed by atoms with E-state index < -0.39 is 0 Å². The van der Waals surface area contributed by atoms with Gasteiger partial charge in [-0.3, -0.25) is 5.84 Å². The monoisotopic (exact) mass is 305 g/mol. The summed E-state index contributed by atoms with van der Waals surface area (Å²) in [5.74, 6) is 6.57. The number of hydrogen-bond donors (Lipinski definition) is 3. The number of nitrogen functional groups attached to an aromatic ring is 1. The van der Waals surface area contributed by atoms with Crippen LogP contribution in [-0.4, -0.2) is 7.11 Å². The van der Waals surface area contributed by atoms with Gasteiger partial charge in [-0.15, -0.1) is 0 Å². The summed E-state index contributed by atoms with van der Waals surface area (Å²) in [4.78, 5) is 0. The van der Waals surface area contributed by atoms with Crippen molar-refractivity contribution in [3.8, 4) is 5.75 Å². The lowest BCUT2D eigenvalue weighted by atomic mass is 9.93. The Morgan fingerprint density at radius 2 is 1.81 bits per heavy atom. The number of halogens is 1. The van der Waals surface area contributed by atoms with Gasteiger partial charge in [-0.25, -0.2) is 5.43 Å². The van der Waals surface area contributed by atoms with Crippen molar-refractivity contribution < 1.29 is 4.74 Å². The van der Waals surface area contributed by atoms with Crippen molar-refractivity contribution in [3.05, 3.63) is 57.6 Å². The summed E-state index contributed by atoms with van der Waals surface area (Å²) in [6, 6.07) is 9.16. The summed E-state index contributed by atoms with van der Waals surface area (Å²) in [5, 5.41) is 0.596. The molecule has 2 aromatic rings. The van der Waals surface area contributed by atoms with Crippen molar-refractivity contribution in [2.45, 2.75) is 19.9 Å². The first kappa shape index (κ1) is 15.6. The van der Waals surface area contributed by atoms with E-state index in [0.717, 1.165) is 28.0 Å². The fourth-order valence-corrected chi connectivity index (χ4v) is 2.65. The first-order chi connectivity index (χ1) is 9.99. The maximum Gasteiger partial charge on any atom is 0.127 e. The van der Waals surface area contributed by atoms with Gasteiger partial charge >= 0.3 is 0 Å². The highest BCUT2D eigenvalue weighted by Gasteiger charge is 2.21. The minimum Gasteiger partial charge on any atom is -0.496 e. The standard InChI is InChI=1S/C16H20ClN3O/c1-9-4-6-13(16(21-3)10(9)2)15(20-19)12-7-5-11(17)8-14(12)18/h4-8,15,20H,18-19H2,1-3H3. The van der Waals surface area contributed by atoms with Gasteiger partial charge in [0, 0.05) is 16.3 Å². The number of methoxy groups -OCH3 is 1. The Morgan fingerprint density at radius 1 is 1.14 bits per heavy atom. The molecule has 0 aromatic heterocycles. The summed E-state index contributed by atoms with van der Waals surface area (Å²) < 4.78 is 5.56. The number of benzene rings is 2. The highest BCUT2D eigenvalue weighted by molar-refractivity contribution is 6.30. The Labute approximate surface area is 130 Å². The molecule has 0 fully saturated rings. The van der Waals surface area contributed by atoms with Gasteiger partial charge in [-0.1, -0.05) is 29.8 Å². The highest BCUT2D eigenvalue weighted by Crippen LogP contribution is 2.36. The first-order valence-electron chi connectivity index (χ1n) is 6.64. The van der Waals surface area contributed by atoms with Crippen molar-refractivity contribution in [1.29, 1.82) is 0 Å². The van der Waals surface area contributed by atoms with Crippen LogP contribution in [0.5, 0.6) is 5.75 Å². The number of nitrogens with two attached hydrogens (primary N) is 2. The molecule has 2 rings (SSSR count). The Hall–Kier alpha value is -1.75. The van der Waals surface area contributed by atoms with E-state index in [1.807, 2.05) is 32.0 Å². The summed E-state index contributed by atoms with van der Waals surface area (Å²) in [7, 11) is 1.66. The second kappa shape index (κ2) is 6.35. The average molecular weight is 306 g/mol. The molecule has 1 atom stereocenters. The predicted octanol–water partition coefficient (Wildman–Crippen LogP) is 3.10. The fourth-order valence-electron chi connectivity index (χ4n) is 2.46. The van der Waals surface area contributed by atoms with Crippen LogP contribution in [0.3, 0.4) is 0 Å². The topological polar surface area (TPSA) is 73.3 Å². The second-order valence-corrected chi connectivity index (χ2v) is 5.44. The van der Waals surface area contributed by atoms with E-state index in [4.69, 9.17) is 27.9 Å². The number of anilines is 1. The molecule has 0 radical (unpaired) electrons. The second-order valence-electron chi connectivity index (χ2n) is 5.00. The lowest BCUT2D eigenvalue weighted by Gasteiger charge is -2.23. The van der Waals surface area contributed by atoms with Crippen LogP contribution in [-0.2, 0) is 0 Å². The van der Waals surface area contributed by atoms with Crippen LogP contribution >= 0.6 is 11.6 Å². The quantitative estimate of drug-likeness (QED) is 0.461. The van der Waals surface area contributed by atoms with Gasteiger partial charge in [-0.2, -0.15) is 0 Å². The molecular weight excluding hydrogens is 286 g/mol. The van der Waals surface area contributed by atoms with Crippen LogP contribution in [0.4, 0.5) is 5.69 Å². The van der Waals surface area contributed by atoms with E-state index in [1.165, 1.54) is 0 Å². The molecule has 0 aliphatic heterocycles. The van der Waals surface area contributed by atoms with Gasteiger partial charge in [0.2, 0.25) is 0 Å². The molecule has 0 saturated carbocycles. The zero-order valence-corrected chi connectivity index (χ0v) is 13.2. The summed E-state index contributed by atoms with van der Waals surface area (Å²) in [6.45, 7) is 4.07. The van der Waals surface area contributed by atoms with Crippen LogP contribution in [0, 0.1) is 13.8 Å². The molecule has 2 aromatic carbocycles. The number of rotatable bonds is 4. The van der Waals surface area contributed by atoms with Gasteiger partial charge in [0.05, 0.1) is 13.2 Å². The molecule has 0 amide bonds. The van der Waals surface area contributed by atoms with Crippen LogP contribution in [0.2, 0.25) is 5.02 Å². The third-order valence-corrected chi connectivity index (χ3v) is 3.98. The van der Waals surface area contributed by atoms with Gasteiger partial charge in [0.15, 0.2) is 0 Å². The van der Waals surface area contributed by atoms with E-state index in [2.05, 4.69) is 5.43 Å². The van der Waals surface area contributed by atoms with Gasteiger partial charge < -0.3 is 10.5 Å². The molecule has 21 heavy (non-hydrogen) atoms. The Kier molecular flexibility index (Phi) is 4.73. The van der Waals surface area contributed by atoms with E-state index in [0.29, 0.717) is 10.7 Å². The smallest absolute Gasteiger partial charge is 0.127 e. The number of ether oxygens (including phenoxy) is 1. The average Bonchev–Trinajstić information content (AvgIpc) is 2.45. The van der Waals surface area contributed by atoms with Crippen molar-refractivity contribution in [1.82, 2.24) is 5.43 Å². The lowest BCUT2D eigenvalue weighted by molar-refractivity contribution is 0.401. The van der Waals surface area contributed by atoms with Gasteiger partial charge in [-0.05, 0) is 42.7 Å². The maximum atomic E-state index is 6.07. The Bertz CT molecular complexity index is 658. The summed E-state index contributed by atoms with van der Waals surface area (Å²) in [6.07, 6.45) is 0. The van der Waals surface area contributed by atoms with Crippen LogP contribution in [0.15, 0.2) is 30.3 Å². The minimum absolute atomic E-state index is 0.267. The molecule has 0 heterocycles. The largest absolute Gasteiger partial charge is 0.496 e. The number of hydrazine groups is 1.